The second kappa shape index (κ2) is 6.95. The van der Waals surface area contributed by atoms with Crippen LogP contribution in [0.15, 0.2) is 41.0 Å². The Bertz CT molecular complexity index is 606. The number of rotatable bonds is 6. The predicted molar refractivity (Wildman–Crippen MR) is 78.3 cm³/mol. The number of ether oxygens (including phenoxy) is 2. The average molecular weight is 289 g/mol. The van der Waals surface area contributed by atoms with Crippen LogP contribution in [-0.4, -0.2) is 20.2 Å². The predicted octanol–water partition coefficient (Wildman–Crippen LogP) is 2.93. The summed E-state index contributed by atoms with van der Waals surface area (Å²) >= 11 is 0. The summed E-state index contributed by atoms with van der Waals surface area (Å²) in [5.74, 6) is 0.591. The fourth-order valence-corrected chi connectivity index (χ4v) is 2.04. The molecule has 2 rings (SSSR count). The SMILES string of the molecule is COC(=O)c1occc1CN[C@H](C)c1cccc(OC)c1. The molecule has 2 aromatic rings. The highest BCUT2D eigenvalue weighted by Gasteiger charge is 2.16. The molecule has 0 aliphatic heterocycles. The lowest BCUT2D eigenvalue weighted by Crippen LogP contribution is -2.19. The van der Waals surface area contributed by atoms with Crippen LogP contribution in [0.5, 0.6) is 5.75 Å². The molecule has 0 radical (unpaired) electrons. The Morgan fingerprint density at radius 1 is 1.33 bits per heavy atom. The highest BCUT2D eigenvalue weighted by atomic mass is 16.5. The number of benzene rings is 1. The van der Waals surface area contributed by atoms with Crippen LogP contribution in [0.1, 0.15) is 34.6 Å². The highest BCUT2D eigenvalue weighted by Crippen LogP contribution is 2.20. The summed E-state index contributed by atoms with van der Waals surface area (Å²) in [5, 5.41) is 3.35. The number of furan rings is 1. The molecule has 1 heterocycles. The van der Waals surface area contributed by atoms with Crippen LogP contribution in [0.25, 0.3) is 0 Å². The fourth-order valence-electron chi connectivity index (χ4n) is 2.04. The van der Waals surface area contributed by atoms with Gasteiger partial charge in [0, 0.05) is 18.2 Å². The number of carbonyl (C=O) groups is 1. The minimum Gasteiger partial charge on any atom is -0.497 e. The van der Waals surface area contributed by atoms with Gasteiger partial charge in [0.2, 0.25) is 5.76 Å². The van der Waals surface area contributed by atoms with Crippen LogP contribution >= 0.6 is 0 Å². The maximum absolute atomic E-state index is 11.5. The normalized spacial score (nSPS) is 12.0. The van der Waals surface area contributed by atoms with E-state index in [1.165, 1.54) is 13.4 Å². The second-order valence-electron chi connectivity index (χ2n) is 4.65. The van der Waals surface area contributed by atoms with Crippen LogP contribution in [-0.2, 0) is 11.3 Å². The van der Waals surface area contributed by atoms with Gasteiger partial charge in [-0.3, -0.25) is 0 Å². The van der Waals surface area contributed by atoms with Crippen molar-refractivity contribution in [3.63, 3.8) is 0 Å². The lowest BCUT2D eigenvalue weighted by Gasteiger charge is -2.15. The lowest BCUT2D eigenvalue weighted by atomic mass is 10.1. The van der Waals surface area contributed by atoms with Crippen LogP contribution < -0.4 is 10.1 Å². The summed E-state index contributed by atoms with van der Waals surface area (Å²) in [4.78, 5) is 11.5. The number of carbonyl (C=O) groups excluding carboxylic acids is 1. The van der Waals surface area contributed by atoms with E-state index < -0.39 is 5.97 Å². The lowest BCUT2D eigenvalue weighted by molar-refractivity contribution is 0.0563. The van der Waals surface area contributed by atoms with Crippen molar-refractivity contribution in [1.82, 2.24) is 5.32 Å². The molecule has 0 aliphatic carbocycles. The molecule has 0 spiro atoms. The first-order valence-corrected chi connectivity index (χ1v) is 6.67. The molecule has 0 fully saturated rings. The summed E-state index contributed by atoms with van der Waals surface area (Å²) in [6.07, 6.45) is 1.49. The maximum atomic E-state index is 11.5. The van der Waals surface area contributed by atoms with Crippen LogP contribution in [0, 0.1) is 0 Å². The Kier molecular flexibility index (Phi) is 5.00. The third-order valence-corrected chi connectivity index (χ3v) is 3.31. The van der Waals surface area contributed by atoms with Gasteiger partial charge >= 0.3 is 5.97 Å². The summed E-state index contributed by atoms with van der Waals surface area (Å²) in [6.45, 7) is 2.56. The number of nitrogens with one attached hydrogen (secondary N) is 1. The topological polar surface area (TPSA) is 60.7 Å². The molecule has 0 bridgehead atoms. The maximum Gasteiger partial charge on any atom is 0.374 e. The summed E-state index contributed by atoms with van der Waals surface area (Å²) in [5.41, 5.74) is 1.88. The van der Waals surface area contributed by atoms with Gasteiger partial charge in [-0.25, -0.2) is 4.79 Å². The van der Waals surface area contributed by atoms with Gasteiger partial charge in [0.1, 0.15) is 5.75 Å². The van der Waals surface area contributed by atoms with E-state index in [2.05, 4.69) is 10.1 Å². The van der Waals surface area contributed by atoms with E-state index in [0.717, 1.165) is 16.9 Å². The Hall–Kier alpha value is -2.27. The first-order valence-electron chi connectivity index (χ1n) is 6.67. The van der Waals surface area contributed by atoms with Crippen molar-refractivity contribution >= 4 is 5.97 Å². The van der Waals surface area contributed by atoms with Crippen molar-refractivity contribution in [1.29, 1.82) is 0 Å². The summed E-state index contributed by atoms with van der Waals surface area (Å²) < 4.78 is 15.1. The van der Waals surface area contributed by atoms with Gasteiger partial charge in [0.15, 0.2) is 0 Å². The molecule has 1 N–H and O–H groups in total. The van der Waals surface area contributed by atoms with Crippen molar-refractivity contribution in [3.05, 3.63) is 53.5 Å². The van der Waals surface area contributed by atoms with E-state index in [4.69, 9.17) is 9.15 Å². The molecule has 1 aromatic carbocycles. The summed E-state index contributed by atoms with van der Waals surface area (Å²) in [6, 6.07) is 9.73. The minimum atomic E-state index is -0.467. The Morgan fingerprint density at radius 2 is 2.14 bits per heavy atom. The number of esters is 1. The first kappa shape index (κ1) is 15.1. The quantitative estimate of drug-likeness (QED) is 0.828. The third-order valence-electron chi connectivity index (χ3n) is 3.31. The van der Waals surface area contributed by atoms with Gasteiger partial charge in [0.25, 0.3) is 0 Å². The Balaban J connectivity index is 2.02. The van der Waals surface area contributed by atoms with E-state index in [-0.39, 0.29) is 11.8 Å². The molecule has 1 aromatic heterocycles. The van der Waals surface area contributed by atoms with Crippen molar-refractivity contribution in [2.45, 2.75) is 19.5 Å². The second-order valence-corrected chi connectivity index (χ2v) is 4.65. The van der Waals surface area contributed by atoms with E-state index in [1.54, 1.807) is 13.2 Å². The highest BCUT2D eigenvalue weighted by molar-refractivity contribution is 5.87. The zero-order valence-electron chi connectivity index (χ0n) is 12.4. The number of hydrogen-bond donors (Lipinski definition) is 1. The molecule has 21 heavy (non-hydrogen) atoms. The Morgan fingerprint density at radius 3 is 2.86 bits per heavy atom. The molecular weight excluding hydrogens is 270 g/mol. The largest absolute Gasteiger partial charge is 0.497 e. The molecule has 0 aliphatic rings. The van der Waals surface area contributed by atoms with Gasteiger partial charge < -0.3 is 19.2 Å². The van der Waals surface area contributed by atoms with E-state index >= 15 is 0 Å². The van der Waals surface area contributed by atoms with Crippen molar-refractivity contribution < 1.29 is 18.7 Å². The summed E-state index contributed by atoms with van der Waals surface area (Å²) in [7, 11) is 2.98. The zero-order valence-corrected chi connectivity index (χ0v) is 12.4. The molecule has 112 valence electrons. The molecule has 0 unspecified atom stereocenters. The van der Waals surface area contributed by atoms with Crippen LogP contribution in [0.3, 0.4) is 0 Å². The van der Waals surface area contributed by atoms with Crippen molar-refractivity contribution in [2.24, 2.45) is 0 Å². The molecule has 5 nitrogen and oxygen atoms in total. The third kappa shape index (κ3) is 3.64. The van der Waals surface area contributed by atoms with Crippen molar-refractivity contribution in [3.8, 4) is 5.75 Å². The first-order chi connectivity index (χ1) is 10.2. The molecular formula is C16H19NO4. The number of methoxy groups -OCH3 is 2. The van der Waals surface area contributed by atoms with Crippen LogP contribution in [0.4, 0.5) is 0 Å². The molecule has 0 saturated heterocycles. The van der Waals surface area contributed by atoms with Crippen molar-refractivity contribution in [2.75, 3.05) is 14.2 Å². The molecule has 0 saturated carbocycles. The minimum absolute atomic E-state index is 0.112. The van der Waals surface area contributed by atoms with Gasteiger partial charge in [-0.2, -0.15) is 0 Å². The molecule has 0 amide bonds. The van der Waals surface area contributed by atoms with E-state index in [9.17, 15) is 4.79 Å². The average Bonchev–Trinajstić information content (AvgIpc) is 3.00. The van der Waals surface area contributed by atoms with E-state index in [0.29, 0.717) is 6.54 Å². The van der Waals surface area contributed by atoms with Gasteiger partial charge in [-0.15, -0.1) is 0 Å². The Labute approximate surface area is 123 Å². The van der Waals surface area contributed by atoms with E-state index in [1.807, 2.05) is 31.2 Å². The molecule has 5 heteroatoms. The van der Waals surface area contributed by atoms with Crippen LogP contribution in [0.2, 0.25) is 0 Å². The monoisotopic (exact) mass is 289 g/mol. The number of hydrogen-bond acceptors (Lipinski definition) is 5. The van der Waals surface area contributed by atoms with Gasteiger partial charge in [-0.1, -0.05) is 12.1 Å². The standard InChI is InChI=1S/C16H19NO4/c1-11(12-5-4-6-14(9-12)19-2)17-10-13-7-8-21-15(13)16(18)20-3/h4-9,11,17H,10H2,1-3H3/t11-/m1/s1. The van der Waals surface area contributed by atoms with Gasteiger partial charge in [0.05, 0.1) is 20.5 Å². The van der Waals surface area contributed by atoms with Gasteiger partial charge in [-0.05, 0) is 30.7 Å². The molecule has 1 atom stereocenters. The smallest absolute Gasteiger partial charge is 0.374 e. The zero-order chi connectivity index (χ0) is 15.2. The fraction of sp³-hybridized carbons (Fsp3) is 0.312.